The first-order valence-corrected chi connectivity index (χ1v) is 13.7. The van der Waals surface area contributed by atoms with Crippen molar-refractivity contribution >= 4 is 23.2 Å². The Bertz CT molecular complexity index is 1220. The highest BCUT2D eigenvalue weighted by Crippen LogP contribution is 2.31. The summed E-state index contributed by atoms with van der Waals surface area (Å²) in [6.07, 6.45) is 8.27. The third-order valence-corrected chi connectivity index (χ3v) is 7.79. The molecule has 37 heavy (non-hydrogen) atoms. The van der Waals surface area contributed by atoms with Gasteiger partial charge in [0.05, 0.1) is 5.56 Å². The normalized spacial score (nSPS) is 15.3. The van der Waals surface area contributed by atoms with Crippen LogP contribution in [0, 0.1) is 5.92 Å². The molecule has 1 saturated carbocycles. The number of hydrogen-bond acceptors (Lipinski definition) is 3. The van der Waals surface area contributed by atoms with Gasteiger partial charge in [-0.1, -0.05) is 80.3 Å². The van der Waals surface area contributed by atoms with Gasteiger partial charge in [-0.15, -0.1) is 0 Å². The van der Waals surface area contributed by atoms with Crippen LogP contribution in [0.3, 0.4) is 0 Å². The summed E-state index contributed by atoms with van der Waals surface area (Å²) in [7, 11) is 0. The molecule has 1 heterocycles. The number of anilines is 2. The summed E-state index contributed by atoms with van der Waals surface area (Å²) in [5, 5.41) is 6.16. The maximum atomic E-state index is 13.4. The van der Waals surface area contributed by atoms with Crippen molar-refractivity contribution in [3.63, 3.8) is 0 Å². The van der Waals surface area contributed by atoms with E-state index >= 15 is 0 Å². The summed E-state index contributed by atoms with van der Waals surface area (Å²) in [4.78, 5) is 28.4. The molecular formula is C32H37N3O2. The van der Waals surface area contributed by atoms with E-state index in [4.69, 9.17) is 0 Å². The van der Waals surface area contributed by atoms with E-state index in [1.165, 1.54) is 42.4 Å². The third kappa shape index (κ3) is 6.59. The van der Waals surface area contributed by atoms with Gasteiger partial charge in [0.25, 0.3) is 5.91 Å². The summed E-state index contributed by atoms with van der Waals surface area (Å²) >= 11 is 0. The van der Waals surface area contributed by atoms with E-state index in [0.29, 0.717) is 30.1 Å². The van der Waals surface area contributed by atoms with Crippen molar-refractivity contribution in [3.8, 4) is 0 Å². The SMILES string of the molecule is O=C(CCC1CCCC1)Nc1ccc(N2CCc3ccccc3C2)c(C(=O)NCCc2ccccc2)c1. The minimum atomic E-state index is -0.105. The van der Waals surface area contributed by atoms with Gasteiger partial charge in [-0.2, -0.15) is 0 Å². The summed E-state index contributed by atoms with van der Waals surface area (Å²) in [5.41, 5.74) is 6.08. The fraction of sp³-hybridized carbons (Fsp3) is 0.375. The monoisotopic (exact) mass is 495 g/mol. The molecule has 1 aliphatic heterocycles. The van der Waals surface area contributed by atoms with Crippen LogP contribution in [-0.4, -0.2) is 24.9 Å². The molecule has 3 aromatic rings. The van der Waals surface area contributed by atoms with Gasteiger partial charge in [0.1, 0.15) is 0 Å². The number of nitrogens with zero attached hydrogens (tertiary/aromatic N) is 1. The number of nitrogens with one attached hydrogen (secondary N) is 2. The van der Waals surface area contributed by atoms with Crippen LogP contribution in [0.1, 0.15) is 65.6 Å². The van der Waals surface area contributed by atoms with E-state index in [9.17, 15) is 9.59 Å². The van der Waals surface area contributed by atoms with Gasteiger partial charge < -0.3 is 15.5 Å². The van der Waals surface area contributed by atoms with E-state index in [1.54, 1.807) is 0 Å². The molecule has 0 radical (unpaired) electrons. The van der Waals surface area contributed by atoms with E-state index in [2.05, 4.69) is 51.9 Å². The van der Waals surface area contributed by atoms with Crippen LogP contribution in [0.5, 0.6) is 0 Å². The average molecular weight is 496 g/mol. The van der Waals surface area contributed by atoms with Crippen molar-refractivity contribution in [1.82, 2.24) is 5.32 Å². The molecule has 0 saturated heterocycles. The van der Waals surface area contributed by atoms with Crippen LogP contribution in [0.25, 0.3) is 0 Å². The first-order valence-electron chi connectivity index (χ1n) is 13.7. The lowest BCUT2D eigenvalue weighted by molar-refractivity contribution is -0.116. The third-order valence-electron chi connectivity index (χ3n) is 7.79. The van der Waals surface area contributed by atoms with Crippen LogP contribution in [-0.2, 0) is 24.2 Å². The molecule has 2 N–H and O–H groups in total. The molecule has 0 aromatic heterocycles. The number of hydrogen-bond donors (Lipinski definition) is 2. The Morgan fingerprint density at radius 2 is 1.65 bits per heavy atom. The number of rotatable bonds is 9. The predicted octanol–water partition coefficient (Wildman–Crippen LogP) is 6.13. The van der Waals surface area contributed by atoms with Crippen molar-refractivity contribution in [2.45, 2.75) is 57.9 Å². The van der Waals surface area contributed by atoms with E-state index in [0.717, 1.165) is 38.0 Å². The molecular weight excluding hydrogens is 458 g/mol. The van der Waals surface area contributed by atoms with Gasteiger partial charge >= 0.3 is 0 Å². The van der Waals surface area contributed by atoms with Gasteiger partial charge in [0.2, 0.25) is 5.91 Å². The highest BCUT2D eigenvalue weighted by atomic mass is 16.2. The zero-order valence-corrected chi connectivity index (χ0v) is 21.5. The molecule has 192 valence electrons. The Balaban J connectivity index is 1.30. The second-order valence-electron chi connectivity index (χ2n) is 10.4. The molecule has 0 atom stereocenters. The number of amides is 2. The summed E-state index contributed by atoms with van der Waals surface area (Å²) < 4.78 is 0. The number of carbonyl (C=O) groups excluding carboxylic acids is 2. The van der Waals surface area contributed by atoms with Crippen molar-refractivity contribution in [2.75, 3.05) is 23.3 Å². The topological polar surface area (TPSA) is 61.4 Å². The second-order valence-corrected chi connectivity index (χ2v) is 10.4. The van der Waals surface area contributed by atoms with Crippen molar-refractivity contribution in [2.24, 2.45) is 5.92 Å². The molecule has 5 heteroatoms. The summed E-state index contributed by atoms with van der Waals surface area (Å²) in [5.74, 6) is 0.606. The van der Waals surface area contributed by atoms with Crippen molar-refractivity contribution in [1.29, 1.82) is 0 Å². The Kier molecular flexibility index (Phi) is 8.19. The number of fused-ring (bicyclic) bond motifs is 1. The summed E-state index contributed by atoms with van der Waals surface area (Å²) in [6.45, 7) is 2.19. The lowest BCUT2D eigenvalue weighted by atomic mass is 9.98. The van der Waals surface area contributed by atoms with Crippen LogP contribution < -0.4 is 15.5 Å². The Morgan fingerprint density at radius 1 is 0.892 bits per heavy atom. The molecule has 0 bridgehead atoms. The number of benzene rings is 3. The van der Waals surface area contributed by atoms with Crippen LogP contribution in [0.15, 0.2) is 72.8 Å². The average Bonchev–Trinajstić information content (AvgIpc) is 3.46. The Hall–Kier alpha value is -3.60. The molecule has 0 unspecified atom stereocenters. The van der Waals surface area contributed by atoms with Gasteiger partial charge in [0.15, 0.2) is 0 Å². The largest absolute Gasteiger partial charge is 0.366 e. The van der Waals surface area contributed by atoms with Crippen LogP contribution in [0.4, 0.5) is 11.4 Å². The second kappa shape index (κ2) is 12.1. The first kappa shape index (κ1) is 25.1. The fourth-order valence-corrected chi connectivity index (χ4v) is 5.69. The standard InChI is InChI=1S/C32H37N3O2/c36-31(17-14-24-10-4-5-11-24)34-28-15-16-30(35-21-19-26-12-6-7-13-27(26)23-35)29(22-28)32(37)33-20-18-25-8-2-1-3-9-25/h1-3,6-9,12-13,15-16,22,24H,4-5,10-11,14,17-21,23H2,(H,33,37)(H,34,36). The zero-order chi connectivity index (χ0) is 25.5. The van der Waals surface area contributed by atoms with E-state index < -0.39 is 0 Å². The highest BCUT2D eigenvalue weighted by molar-refractivity contribution is 6.02. The number of carbonyl (C=O) groups is 2. The molecule has 1 fully saturated rings. The quantitative estimate of drug-likeness (QED) is 0.375. The Morgan fingerprint density at radius 3 is 2.46 bits per heavy atom. The molecule has 1 aliphatic carbocycles. The molecule has 0 spiro atoms. The smallest absolute Gasteiger partial charge is 0.253 e. The summed E-state index contributed by atoms with van der Waals surface area (Å²) in [6, 6.07) is 24.5. The predicted molar refractivity (Wildman–Crippen MR) is 150 cm³/mol. The van der Waals surface area contributed by atoms with Crippen LogP contribution in [0.2, 0.25) is 0 Å². The lowest BCUT2D eigenvalue weighted by Crippen LogP contribution is -2.33. The highest BCUT2D eigenvalue weighted by Gasteiger charge is 2.22. The molecule has 5 nitrogen and oxygen atoms in total. The van der Waals surface area contributed by atoms with Crippen molar-refractivity contribution in [3.05, 3.63) is 95.1 Å². The van der Waals surface area contributed by atoms with Gasteiger partial charge in [-0.05, 0) is 60.1 Å². The fourth-order valence-electron chi connectivity index (χ4n) is 5.69. The zero-order valence-electron chi connectivity index (χ0n) is 21.5. The molecule has 2 amide bonds. The van der Waals surface area contributed by atoms with Crippen molar-refractivity contribution < 1.29 is 9.59 Å². The maximum Gasteiger partial charge on any atom is 0.253 e. The van der Waals surface area contributed by atoms with Gasteiger partial charge in [-0.3, -0.25) is 9.59 Å². The van der Waals surface area contributed by atoms with Gasteiger partial charge in [0, 0.05) is 37.4 Å². The molecule has 2 aliphatic rings. The van der Waals surface area contributed by atoms with Crippen LogP contribution >= 0.6 is 0 Å². The maximum absolute atomic E-state index is 13.4. The Labute approximate surface area is 220 Å². The minimum Gasteiger partial charge on any atom is -0.366 e. The van der Waals surface area contributed by atoms with Gasteiger partial charge in [-0.25, -0.2) is 0 Å². The lowest BCUT2D eigenvalue weighted by Gasteiger charge is -2.32. The molecule has 3 aromatic carbocycles. The molecule has 5 rings (SSSR count). The van der Waals surface area contributed by atoms with E-state index in [-0.39, 0.29) is 11.8 Å². The first-order chi connectivity index (χ1) is 18.2. The van der Waals surface area contributed by atoms with E-state index in [1.807, 2.05) is 36.4 Å². The minimum absolute atomic E-state index is 0.0296.